The van der Waals surface area contributed by atoms with Crippen molar-refractivity contribution in [3.63, 3.8) is 0 Å². The van der Waals surface area contributed by atoms with Crippen LogP contribution in [0, 0.1) is 17.8 Å². The van der Waals surface area contributed by atoms with Gasteiger partial charge in [0.25, 0.3) is 0 Å². The van der Waals surface area contributed by atoms with Gasteiger partial charge in [0, 0.05) is 0 Å². The Morgan fingerprint density at radius 2 is 1.60 bits per heavy atom. The summed E-state index contributed by atoms with van der Waals surface area (Å²) in [7, 11) is 0. The van der Waals surface area contributed by atoms with Crippen molar-refractivity contribution < 1.29 is 5.11 Å². The number of aliphatic hydroxyl groups is 1. The first-order chi connectivity index (χ1) is 4.75. The molecule has 0 amide bonds. The van der Waals surface area contributed by atoms with Crippen LogP contribution >= 0.6 is 0 Å². The first-order valence-electron chi connectivity index (χ1n) is 4.48. The SMILES string of the molecule is OC12CC3CC(C1)[C@@H](C3)C2. The number of hydrogen-bond donors (Lipinski definition) is 1. The van der Waals surface area contributed by atoms with E-state index >= 15 is 0 Å². The Bertz CT molecular complexity index is 156. The van der Waals surface area contributed by atoms with Crippen LogP contribution in [0.3, 0.4) is 0 Å². The van der Waals surface area contributed by atoms with Crippen molar-refractivity contribution in [1.29, 1.82) is 0 Å². The number of rotatable bonds is 0. The summed E-state index contributed by atoms with van der Waals surface area (Å²) in [5, 5.41) is 9.92. The van der Waals surface area contributed by atoms with Crippen molar-refractivity contribution >= 4 is 0 Å². The molecule has 0 heterocycles. The van der Waals surface area contributed by atoms with Crippen molar-refractivity contribution in [2.75, 3.05) is 0 Å². The van der Waals surface area contributed by atoms with Gasteiger partial charge in [-0.15, -0.1) is 0 Å². The second-order valence-electron chi connectivity index (χ2n) is 4.69. The summed E-state index contributed by atoms with van der Waals surface area (Å²) in [5.41, 5.74) is -0.184. The molecule has 0 aromatic carbocycles. The highest BCUT2D eigenvalue weighted by molar-refractivity contribution is 5.06. The molecule has 1 heteroatoms. The van der Waals surface area contributed by atoms with Crippen LogP contribution in [0.5, 0.6) is 0 Å². The molecule has 0 aromatic rings. The van der Waals surface area contributed by atoms with Gasteiger partial charge in [0.2, 0.25) is 0 Å². The highest BCUT2D eigenvalue weighted by Crippen LogP contribution is 2.59. The first kappa shape index (κ1) is 5.59. The van der Waals surface area contributed by atoms with E-state index in [0.29, 0.717) is 0 Å². The molecular weight excluding hydrogens is 124 g/mol. The Kier molecular flexibility index (Phi) is 0.797. The van der Waals surface area contributed by atoms with Gasteiger partial charge in [-0.3, -0.25) is 0 Å². The summed E-state index contributed by atoms with van der Waals surface area (Å²) in [6.45, 7) is 0. The summed E-state index contributed by atoms with van der Waals surface area (Å²) >= 11 is 0. The zero-order chi connectivity index (χ0) is 6.77. The third-order valence-electron chi connectivity index (χ3n) is 3.89. The second kappa shape index (κ2) is 1.42. The molecule has 4 saturated carbocycles. The monoisotopic (exact) mass is 138 g/mol. The van der Waals surface area contributed by atoms with Gasteiger partial charge in [0.05, 0.1) is 5.60 Å². The van der Waals surface area contributed by atoms with Crippen molar-refractivity contribution in [3.05, 3.63) is 0 Å². The molecule has 0 radical (unpaired) electrons. The highest BCUT2D eigenvalue weighted by atomic mass is 16.3. The predicted octanol–water partition coefficient (Wildman–Crippen LogP) is 1.56. The predicted molar refractivity (Wildman–Crippen MR) is 38.5 cm³/mol. The van der Waals surface area contributed by atoms with Gasteiger partial charge in [0.15, 0.2) is 0 Å². The zero-order valence-corrected chi connectivity index (χ0v) is 6.21. The van der Waals surface area contributed by atoms with E-state index in [0.717, 1.165) is 37.0 Å². The molecule has 56 valence electrons. The summed E-state index contributed by atoms with van der Waals surface area (Å²) in [5.74, 6) is 2.75. The lowest BCUT2D eigenvalue weighted by Gasteiger charge is -2.33. The van der Waals surface area contributed by atoms with Crippen molar-refractivity contribution in [2.24, 2.45) is 17.8 Å². The molecule has 0 spiro atoms. The van der Waals surface area contributed by atoms with Gasteiger partial charge in [0.1, 0.15) is 0 Å². The van der Waals surface area contributed by atoms with Crippen molar-refractivity contribution in [3.8, 4) is 0 Å². The van der Waals surface area contributed by atoms with E-state index in [9.17, 15) is 5.11 Å². The van der Waals surface area contributed by atoms with Gasteiger partial charge < -0.3 is 5.11 Å². The lowest BCUT2D eigenvalue weighted by Crippen LogP contribution is -2.33. The van der Waals surface area contributed by atoms with E-state index in [2.05, 4.69) is 0 Å². The highest BCUT2D eigenvalue weighted by Gasteiger charge is 2.54. The van der Waals surface area contributed by atoms with Crippen LogP contribution in [-0.4, -0.2) is 10.7 Å². The topological polar surface area (TPSA) is 20.2 Å². The van der Waals surface area contributed by atoms with E-state index in [-0.39, 0.29) is 5.60 Å². The fourth-order valence-electron chi connectivity index (χ4n) is 3.77. The van der Waals surface area contributed by atoms with Crippen molar-refractivity contribution in [2.45, 2.75) is 37.7 Å². The maximum absolute atomic E-state index is 9.92. The first-order valence-corrected chi connectivity index (χ1v) is 4.48. The smallest absolute Gasteiger partial charge is 0.0656 e. The fraction of sp³-hybridized carbons (Fsp3) is 1.00. The third-order valence-corrected chi connectivity index (χ3v) is 3.89. The molecule has 1 nitrogen and oxygen atoms in total. The Labute approximate surface area is 61.4 Å². The van der Waals surface area contributed by atoms with E-state index in [1.54, 1.807) is 0 Å². The Balaban J connectivity index is 2.01. The second-order valence-corrected chi connectivity index (χ2v) is 4.69. The van der Waals surface area contributed by atoms with Gasteiger partial charge in [-0.1, -0.05) is 0 Å². The van der Waals surface area contributed by atoms with E-state index < -0.39 is 0 Å². The quantitative estimate of drug-likeness (QED) is 0.538. The molecular formula is C9H14O. The minimum Gasteiger partial charge on any atom is -0.390 e. The summed E-state index contributed by atoms with van der Waals surface area (Å²) in [4.78, 5) is 0. The van der Waals surface area contributed by atoms with Crippen LogP contribution in [0.2, 0.25) is 0 Å². The number of hydrogen-bond acceptors (Lipinski definition) is 1. The molecule has 4 aliphatic carbocycles. The fourth-order valence-corrected chi connectivity index (χ4v) is 3.77. The normalized spacial score (nSPS) is 63.9. The van der Waals surface area contributed by atoms with Gasteiger partial charge in [-0.25, -0.2) is 0 Å². The van der Waals surface area contributed by atoms with Gasteiger partial charge in [-0.2, -0.15) is 0 Å². The Morgan fingerprint density at radius 1 is 1.00 bits per heavy atom. The van der Waals surface area contributed by atoms with E-state index in [4.69, 9.17) is 0 Å². The summed E-state index contributed by atoms with van der Waals surface area (Å²) < 4.78 is 0. The third kappa shape index (κ3) is 0.531. The molecule has 1 N–H and O–H groups in total. The lowest BCUT2D eigenvalue weighted by molar-refractivity contribution is -0.0110. The van der Waals surface area contributed by atoms with Crippen LogP contribution in [0.15, 0.2) is 0 Å². The van der Waals surface area contributed by atoms with E-state index in [1.165, 1.54) is 12.8 Å². The lowest BCUT2D eigenvalue weighted by atomic mass is 9.78. The molecule has 4 aliphatic rings. The molecule has 4 rings (SSSR count). The molecule has 4 fully saturated rings. The zero-order valence-electron chi connectivity index (χ0n) is 6.21. The standard InChI is InChI=1S/C9H14O/c10-9-3-6-1-7(4-9)8(2-6)5-9/h6-8,10H,1-5H2/t6?,7-,8?,9?/m0/s1. The molecule has 4 bridgehead atoms. The van der Waals surface area contributed by atoms with E-state index in [1.807, 2.05) is 0 Å². The average molecular weight is 138 g/mol. The molecule has 0 saturated heterocycles. The minimum absolute atomic E-state index is 0.184. The Hall–Kier alpha value is -0.0400. The molecule has 0 aliphatic heterocycles. The van der Waals surface area contributed by atoms with Crippen LogP contribution in [0.25, 0.3) is 0 Å². The molecule has 10 heavy (non-hydrogen) atoms. The minimum atomic E-state index is -0.184. The maximum atomic E-state index is 9.92. The maximum Gasteiger partial charge on any atom is 0.0656 e. The van der Waals surface area contributed by atoms with Crippen molar-refractivity contribution in [1.82, 2.24) is 0 Å². The summed E-state index contributed by atoms with van der Waals surface area (Å²) in [6, 6.07) is 0. The van der Waals surface area contributed by atoms with Crippen LogP contribution in [0.4, 0.5) is 0 Å². The summed E-state index contributed by atoms with van der Waals surface area (Å²) in [6.07, 6.45) is 6.27. The van der Waals surface area contributed by atoms with Gasteiger partial charge >= 0.3 is 0 Å². The van der Waals surface area contributed by atoms with Crippen LogP contribution < -0.4 is 0 Å². The van der Waals surface area contributed by atoms with Crippen LogP contribution in [-0.2, 0) is 0 Å². The van der Waals surface area contributed by atoms with Crippen LogP contribution in [0.1, 0.15) is 32.1 Å². The average Bonchev–Trinajstić information content (AvgIpc) is 2.16. The molecule has 3 unspecified atom stereocenters. The largest absolute Gasteiger partial charge is 0.390 e. The Morgan fingerprint density at radius 3 is 2.00 bits per heavy atom. The molecule has 4 atom stereocenters. The molecule has 0 aromatic heterocycles. The van der Waals surface area contributed by atoms with Gasteiger partial charge in [-0.05, 0) is 49.9 Å².